The van der Waals surface area contributed by atoms with Crippen LogP contribution in [0.5, 0.6) is 0 Å². The second-order valence-corrected chi connectivity index (χ2v) is 5.27. The van der Waals surface area contributed by atoms with Gasteiger partial charge in [0.2, 0.25) is 0 Å². The van der Waals surface area contributed by atoms with E-state index in [-0.39, 0.29) is 0 Å². The molecule has 0 heterocycles. The first kappa shape index (κ1) is 13.4. The summed E-state index contributed by atoms with van der Waals surface area (Å²) < 4.78 is 5.12. The summed E-state index contributed by atoms with van der Waals surface area (Å²) in [6, 6.07) is 8.17. The molecule has 3 nitrogen and oxygen atoms in total. The minimum absolute atomic E-state index is 0.518. The Bertz CT molecular complexity index is 373. The van der Waals surface area contributed by atoms with E-state index in [2.05, 4.69) is 11.4 Å². The lowest BCUT2D eigenvalue weighted by Gasteiger charge is -2.32. The van der Waals surface area contributed by atoms with Gasteiger partial charge in [0.25, 0.3) is 0 Å². The first-order valence-corrected chi connectivity index (χ1v) is 6.76. The average Bonchev–Trinajstić information content (AvgIpc) is 2.38. The molecule has 0 atom stereocenters. The van der Waals surface area contributed by atoms with Gasteiger partial charge in [0.15, 0.2) is 0 Å². The maximum absolute atomic E-state index is 10.4. The Labute approximate surface area is 109 Å². The van der Waals surface area contributed by atoms with Crippen molar-refractivity contribution in [2.24, 2.45) is 0 Å². The third-order valence-corrected chi connectivity index (χ3v) is 3.64. The smallest absolute Gasteiger partial charge is 0.0819 e. The molecule has 0 radical (unpaired) electrons. The van der Waals surface area contributed by atoms with Crippen LogP contribution in [0.15, 0.2) is 24.3 Å². The summed E-state index contributed by atoms with van der Waals surface area (Å²) in [6.45, 7) is 1.27. The molecule has 0 spiro atoms. The number of hydrogen-bond acceptors (Lipinski definition) is 3. The molecule has 1 aromatic rings. The lowest BCUT2D eigenvalue weighted by molar-refractivity contribution is 0.0167. The highest BCUT2D eigenvalue weighted by molar-refractivity contribution is 5.45. The van der Waals surface area contributed by atoms with Crippen molar-refractivity contribution in [2.45, 2.75) is 44.3 Å². The Morgan fingerprint density at radius 2 is 2.06 bits per heavy atom. The first-order chi connectivity index (χ1) is 8.72. The van der Waals surface area contributed by atoms with E-state index in [9.17, 15) is 5.11 Å². The monoisotopic (exact) mass is 249 g/mol. The number of nitrogens with one attached hydrogen (secondary N) is 1. The number of aliphatic hydroxyl groups is 1. The van der Waals surface area contributed by atoms with Gasteiger partial charge in [0, 0.05) is 19.3 Å². The maximum Gasteiger partial charge on any atom is 0.0819 e. The zero-order valence-electron chi connectivity index (χ0n) is 11.1. The van der Waals surface area contributed by atoms with Crippen LogP contribution in [0, 0.1) is 0 Å². The van der Waals surface area contributed by atoms with E-state index in [1.807, 2.05) is 18.2 Å². The SMILES string of the molecule is COCc1cccc(NCC2(O)CCCCC2)c1. The lowest BCUT2D eigenvalue weighted by Crippen LogP contribution is -2.38. The zero-order chi connectivity index (χ0) is 12.8. The van der Waals surface area contributed by atoms with E-state index in [1.54, 1.807) is 7.11 Å². The fourth-order valence-electron chi connectivity index (χ4n) is 2.59. The number of hydrogen-bond donors (Lipinski definition) is 2. The van der Waals surface area contributed by atoms with Gasteiger partial charge in [-0.1, -0.05) is 31.4 Å². The first-order valence-electron chi connectivity index (χ1n) is 6.76. The van der Waals surface area contributed by atoms with Gasteiger partial charge in [-0.3, -0.25) is 0 Å². The van der Waals surface area contributed by atoms with Gasteiger partial charge < -0.3 is 15.2 Å². The molecule has 100 valence electrons. The second kappa shape index (κ2) is 6.21. The fraction of sp³-hybridized carbons (Fsp3) is 0.600. The molecule has 1 saturated carbocycles. The minimum Gasteiger partial charge on any atom is -0.388 e. The van der Waals surface area contributed by atoms with Crippen LogP contribution < -0.4 is 5.32 Å². The molecule has 18 heavy (non-hydrogen) atoms. The lowest BCUT2D eigenvalue weighted by atomic mass is 9.85. The molecule has 1 aromatic carbocycles. The summed E-state index contributed by atoms with van der Waals surface area (Å²) in [6.07, 6.45) is 5.37. The van der Waals surface area contributed by atoms with Gasteiger partial charge in [0.05, 0.1) is 12.2 Å². The Morgan fingerprint density at radius 3 is 2.78 bits per heavy atom. The molecule has 0 unspecified atom stereocenters. The number of methoxy groups -OCH3 is 1. The molecule has 3 heteroatoms. The molecule has 1 fully saturated rings. The van der Waals surface area contributed by atoms with Crippen molar-refractivity contribution in [1.82, 2.24) is 0 Å². The van der Waals surface area contributed by atoms with Crippen LogP contribution in [0.1, 0.15) is 37.7 Å². The fourth-order valence-corrected chi connectivity index (χ4v) is 2.59. The van der Waals surface area contributed by atoms with Gasteiger partial charge in [-0.2, -0.15) is 0 Å². The topological polar surface area (TPSA) is 41.5 Å². The Morgan fingerprint density at radius 1 is 1.28 bits per heavy atom. The highest BCUT2D eigenvalue weighted by Gasteiger charge is 2.28. The minimum atomic E-state index is -0.518. The Balaban J connectivity index is 1.90. The van der Waals surface area contributed by atoms with Gasteiger partial charge >= 0.3 is 0 Å². The predicted octanol–water partition coefficient (Wildman–Crippen LogP) is 2.94. The van der Waals surface area contributed by atoms with Gasteiger partial charge in [0.1, 0.15) is 0 Å². The largest absolute Gasteiger partial charge is 0.388 e. The molecule has 0 aromatic heterocycles. The molecular weight excluding hydrogens is 226 g/mol. The van der Waals surface area contributed by atoms with Crippen LogP contribution >= 0.6 is 0 Å². The predicted molar refractivity (Wildman–Crippen MR) is 73.7 cm³/mol. The van der Waals surface area contributed by atoms with E-state index >= 15 is 0 Å². The van der Waals surface area contributed by atoms with E-state index in [4.69, 9.17) is 4.74 Å². The summed E-state index contributed by atoms with van der Waals surface area (Å²) in [5, 5.41) is 13.8. The van der Waals surface area contributed by atoms with E-state index in [0.717, 1.165) is 36.9 Å². The molecule has 2 N–H and O–H groups in total. The number of benzene rings is 1. The maximum atomic E-state index is 10.4. The van der Waals surface area contributed by atoms with Crippen molar-refractivity contribution in [2.75, 3.05) is 19.0 Å². The normalized spacial score (nSPS) is 18.6. The van der Waals surface area contributed by atoms with Gasteiger partial charge in [-0.05, 0) is 30.5 Å². The quantitative estimate of drug-likeness (QED) is 0.843. The molecule has 1 aliphatic carbocycles. The van der Waals surface area contributed by atoms with Crippen molar-refractivity contribution >= 4 is 5.69 Å². The van der Waals surface area contributed by atoms with E-state index in [0.29, 0.717) is 13.2 Å². The molecule has 0 saturated heterocycles. The van der Waals surface area contributed by atoms with Gasteiger partial charge in [-0.25, -0.2) is 0 Å². The molecule has 0 aliphatic heterocycles. The standard InChI is InChI=1S/C15H23NO2/c1-18-11-13-6-5-7-14(10-13)16-12-15(17)8-3-2-4-9-15/h5-7,10,16-17H,2-4,8-9,11-12H2,1H3. The third-order valence-electron chi connectivity index (χ3n) is 3.64. The van der Waals surface area contributed by atoms with Crippen molar-refractivity contribution in [1.29, 1.82) is 0 Å². The second-order valence-electron chi connectivity index (χ2n) is 5.27. The number of anilines is 1. The van der Waals surface area contributed by atoms with Crippen LogP contribution in [-0.2, 0) is 11.3 Å². The molecule has 2 rings (SSSR count). The number of rotatable bonds is 5. The van der Waals surface area contributed by atoms with Crippen molar-refractivity contribution < 1.29 is 9.84 Å². The van der Waals surface area contributed by atoms with Crippen LogP contribution in [0.2, 0.25) is 0 Å². The average molecular weight is 249 g/mol. The van der Waals surface area contributed by atoms with E-state index < -0.39 is 5.60 Å². The third kappa shape index (κ3) is 3.72. The molecule has 0 bridgehead atoms. The summed E-state index contributed by atoms with van der Waals surface area (Å²) in [7, 11) is 1.70. The summed E-state index contributed by atoms with van der Waals surface area (Å²) >= 11 is 0. The molecule has 0 amide bonds. The van der Waals surface area contributed by atoms with Crippen molar-refractivity contribution in [3.05, 3.63) is 29.8 Å². The van der Waals surface area contributed by atoms with Crippen molar-refractivity contribution in [3.63, 3.8) is 0 Å². The summed E-state index contributed by atoms with van der Waals surface area (Å²) in [4.78, 5) is 0. The van der Waals surface area contributed by atoms with Crippen LogP contribution in [0.25, 0.3) is 0 Å². The Hall–Kier alpha value is -1.06. The summed E-state index contributed by atoms with van der Waals surface area (Å²) in [5.41, 5.74) is 1.69. The molecular formula is C15H23NO2. The summed E-state index contributed by atoms with van der Waals surface area (Å²) in [5.74, 6) is 0. The van der Waals surface area contributed by atoms with Gasteiger partial charge in [-0.15, -0.1) is 0 Å². The number of ether oxygens (including phenoxy) is 1. The van der Waals surface area contributed by atoms with Crippen LogP contribution in [0.4, 0.5) is 5.69 Å². The van der Waals surface area contributed by atoms with Crippen LogP contribution in [0.3, 0.4) is 0 Å². The Kier molecular flexibility index (Phi) is 4.61. The highest BCUT2D eigenvalue weighted by Crippen LogP contribution is 2.28. The zero-order valence-corrected chi connectivity index (χ0v) is 11.1. The van der Waals surface area contributed by atoms with Crippen molar-refractivity contribution in [3.8, 4) is 0 Å². The van der Waals surface area contributed by atoms with E-state index in [1.165, 1.54) is 6.42 Å². The van der Waals surface area contributed by atoms with Crippen LogP contribution in [-0.4, -0.2) is 24.4 Å². The highest BCUT2D eigenvalue weighted by atomic mass is 16.5. The molecule has 1 aliphatic rings.